The van der Waals surface area contributed by atoms with Gasteiger partial charge >= 0.3 is 0 Å². The molecule has 0 saturated carbocycles. The molecule has 1 aromatic heterocycles. The van der Waals surface area contributed by atoms with Gasteiger partial charge in [0.2, 0.25) is 0 Å². The molecule has 0 bridgehead atoms. The number of phenolic OH excluding ortho intramolecular Hbond substituents is 1. The Morgan fingerprint density at radius 1 is 1.39 bits per heavy atom. The highest BCUT2D eigenvalue weighted by atomic mass is 16.5. The van der Waals surface area contributed by atoms with Gasteiger partial charge in [-0.25, -0.2) is 0 Å². The minimum Gasteiger partial charge on any atom is -0.507 e. The Balaban J connectivity index is 1.95. The van der Waals surface area contributed by atoms with Crippen LogP contribution >= 0.6 is 0 Å². The molecule has 0 spiro atoms. The molecule has 2 heterocycles. The number of phenols is 1. The van der Waals surface area contributed by atoms with E-state index in [0.717, 1.165) is 18.6 Å². The van der Waals surface area contributed by atoms with Gasteiger partial charge in [0.25, 0.3) is 5.89 Å². The summed E-state index contributed by atoms with van der Waals surface area (Å²) in [5.41, 5.74) is 1.36. The van der Waals surface area contributed by atoms with Crippen LogP contribution in [0.25, 0.3) is 11.5 Å². The number of rotatable bonds is 2. The zero-order valence-corrected chi connectivity index (χ0v) is 10.1. The van der Waals surface area contributed by atoms with Crippen LogP contribution in [0.1, 0.15) is 23.7 Å². The summed E-state index contributed by atoms with van der Waals surface area (Å²) in [6.07, 6.45) is 0.915. The van der Waals surface area contributed by atoms with Gasteiger partial charge in [0, 0.05) is 12.5 Å². The molecule has 1 aliphatic rings. The minimum absolute atomic E-state index is 0.190. The summed E-state index contributed by atoms with van der Waals surface area (Å²) < 4.78 is 10.5. The fraction of sp³-hybridized carbons (Fsp3) is 0.385. The quantitative estimate of drug-likeness (QED) is 0.880. The molecular weight excluding hydrogens is 232 g/mol. The first-order valence-corrected chi connectivity index (χ1v) is 5.96. The van der Waals surface area contributed by atoms with E-state index in [4.69, 9.17) is 9.26 Å². The molecule has 1 atom stereocenters. The second-order valence-corrected chi connectivity index (χ2v) is 4.49. The highest BCUT2D eigenvalue weighted by Gasteiger charge is 2.24. The molecule has 0 unspecified atom stereocenters. The van der Waals surface area contributed by atoms with E-state index in [-0.39, 0.29) is 11.7 Å². The van der Waals surface area contributed by atoms with E-state index >= 15 is 0 Å². The van der Waals surface area contributed by atoms with Crippen LogP contribution in [0.15, 0.2) is 22.7 Å². The molecule has 18 heavy (non-hydrogen) atoms. The molecule has 0 aliphatic carbocycles. The zero-order chi connectivity index (χ0) is 12.5. The number of ether oxygens (including phenoxy) is 1. The van der Waals surface area contributed by atoms with Crippen LogP contribution in [0.3, 0.4) is 0 Å². The Hall–Kier alpha value is -1.88. The van der Waals surface area contributed by atoms with E-state index < -0.39 is 0 Å². The Labute approximate surface area is 104 Å². The predicted molar refractivity (Wildman–Crippen MR) is 64.3 cm³/mol. The molecule has 1 aromatic carbocycles. The van der Waals surface area contributed by atoms with E-state index in [9.17, 15) is 5.11 Å². The molecule has 5 heteroatoms. The van der Waals surface area contributed by atoms with Crippen molar-refractivity contribution in [2.75, 3.05) is 13.2 Å². The van der Waals surface area contributed by atoms with Gasteiger partial charge in [-0.1, -0.05) is 17.3 Å². The van der Waals surface area contributed by atoms with Crippen molar-refractivity contribution in [1.82, 2.24) is 10.1 Å². The van der Waals surface area contributed by atoms with Crippen molar-refractivity contribution >= 4 is 0 Å². The Kier molecular flexibility index (Phi) is 2.76. The summed E-state index contributed by atoms with van der Waals surface area (Å²) in [5, 5.41) is 13.9. The van der Waals surface area contributed by atoms with E-state index in [1.54, 1.807) is 6.07 Å². The van der Waals surface area contributed by atoms with Crippen molar-refractivity contribution in [3.8, 4) is 17.2 Å². The lowest BCUT2D eigenvalue weighted by molar-refractivity contribution is 0.192. The largest absolute Gasteiger partial charge is 0.507 e. The molecule has 5 nitrogen and oxygen atoms in total. The molecule has 1 aliphatic heterocycles. The fourth-order valence-corrected chi connectivity index (χ4v) is 2.08. The average Bonchev–Trinajstić information content (AvgIpc) is 3.01. The first-order chi connectivity index (χ1) is 8.75. The second-order valence-electron chi connectivity index (χ2n) is 4.49. The maximum absolute atomic E-state index is 9.97. The van der Waals surface area contributed by atoms with Gasteiger partial charge in [-0.3, -0.25) is 0 Å². The highest BCUT2D eigenvalue weighted by Crippen LogP contribution is 2.32. The number of para-hydroxylation sites is 1. The summed E-state index contributed by atoms with van der Waals surface area (Å²) in [4.78, 5) is 4.35. The first kappa shape index (κ1) is 11.2. The maximum Gasteiger partial charge on any atom is 0.261 e. The third-order valence-electron chi connectivity index (χ3n) is 3.20. The third kappa shape index (κ3) is 1.86. The van der Waals surface area contributed by atoms with Gasteiger partial charge in [0.05, 0.1) is 12.2 Å². The molecule has 2 aromatic rings. The van der Waals surface area contributed by atoms with Crippen LogP contribution in [-0.2, 0) is 4.74 Å². The normalized spacial score (nSPS) is 19.3. The number of aryl methyl sites for hydroxylation is 1. The topological polar surface area (TPSA) is 68.4 Å². The predicted octanol–water partition coefficient (Wildman–Crippen LogP) is 2.25. The molecule has 0 radical (unpaired) electrons. The van der Waals surface area contributed by atoms with Gasteiger partial charge < -0.3 is 14.4 Å². The number of nitrogens with zero attached hydrogens (tertiary/aromatic N) is 2. The Morgan fingerprint density at radius 2 is 2.28 bits per heavy atom. The van der Waals surface area contributed by atoms with Crippen LogP contribution < -0.4 is 0 Å². The zero-order valence-electron chi connectivity index (χ0n) is 10.1. The van der Waals surface area contributed by atoms with Gasteiger partial charge in [0.1, 0.15) is 5.75 Å². The number of hydrogen-bond acceptors (Lipinski definition) is 5. The van der Waals surface area contributed by atoms with E-state index in [1.807, 2.05) is 19.1 Å². The van der Waals surface area contributed by atoms with Gasteiger partial charge in [-0.05, 0) is 25.0 Å². The summed E-state index contributed by atoms with van der Waals surface area (Å²) in [7, 11) is 0. The van der Waals surface area contributed by atoms with Crippen LogP contribution in [-0.4, -0.2) is 28.5 Å². The molecule has 1 N–H and O–H groups in total. The lowest BCUT2D eigenvalue weighted by Crippen LogP contribution is -1.99. The van der Waals surface area contributed by atoms with Crippen LogP contribution in [0.5, 0.6) is 5.75 Å². The number of aromatic nitrogens is 2. The van der Waals surface area contributed by atoms with Crippen molar-refractivity contribution in [2.24, 2.45) is 0 Å². The molecule has 94 valence electrons. The first-order valence-electron chi connectivity index (χ1n) is 5.96. The molecule has 1 fully saturated rings. The van der Waals surface area contributed by atoms with E-state index in [1.165, 1.54) is 0 Å². The lowest BCUT2D eigenvalue weighted by Gasteiger charge is -2.02. The number of aromatic hydroxyl groups is 1. The molecule has 1 saturated heterocycles. The number of hydrogen-bond donors (Lipinski definition) is 1. The van der Waals surface area contributed by atoms with Crippen LogP contribution in [0.2, 0.25) is 0 Å². The number of benzene rings is 1. The van der Waals surface area contributed by atoms with Crippen LogP contribution in [0, 0.1) is 6.92 Å². The van der Waals surface area contributed by atoms with E-state index in [0.29, 0.717) is 23.9 Å². The Bertz CT molecular complexity index is 559. The van der Waals surface area contributed by atoms with Gasteiger partial charge in [-0.2, -0.15) is 4.98 Å². The summed E-state index contributed by atoms with van der Waals surface area (Å²) in [6, 6.07) is 5.46. The fourth-order valence-electron chi connectivity index (χ4n) is 2.08. The van der Waals surface area contributed by atoms with E-state index in [2.05, 4.69) is 10.1 Å². The smallest absolute Gasteiger partial charge is 0.261 e. The van der Waals surface area contributed by atoms with Crippen LogP contribution in [0.4, 0.5) is 0 Å². The Morgan fingerprint density at radius 3 is 3.06 bits per heavy atom. The summed E-state index contributed by atoms with van der Waals surface area (Å²) in [6.45, 7) is 3.21. The second kappa shape index (κ2) is 4.42. The monoisotopic (exact) mass is 246 g/mol. The van der Waals surface area contributed by atoms with Crippen molar-refractivity contribution in [3.05, 3.63) is 29.6 Å². The minimum atomic E-state index is 0.190. The van der Waals surface area contributed by atoms with Crippen molar-refractivity contribution < 1.29 is 14.4 Å². The standard InChI is InChI=1S/C13H14N2O3/c1-8-3-2-4-10(11(8)16)13-14-12(15-18-13)9-5-6-17-7-9/h2-4,9,16H,5-7H2,1H3/t9-/m1/s1. The van der Waals surface area contributed by atoms with Crippen molar-refractivity contribution in [2.45, 2.75) is 19.3 Å². The third-order valence-corrected chi connectivity index (χ3v) is 3.20. The average molecular weight is 246 g/mol. The maximum atomic E-state index is 9.97. The molecule has 3 rings (SSSR count). The summed E-state index contributed by atoms with van der Waals surface area (Å²) in [5.74, 6) is 1.41. The SMILES string of the molecule is Cc1cccc(-c2nc([C@@H]3CCOC3)no2)c1O. The molecule has 0 amide bonds. The lowest BCUT2D eigenvalue weighted by atomic mass is 10.1. The van der Waals surface area contributed by atoms with Gasteiger partial charge in [-0.15, -0.1) is 0 Å². The van der Waals surface area contributed by atoms with Gasteiger partial charge in [0.15, 0.2) is 5.82 Å². The van der Waals surface area contributed by atoms with Crippen molar-refractivity contribution in [1.29, 1.82) is 0 Å². The molecular formula is C13H14N2O3. The highest BCUT2D eigenvalue weighted by molar-refractivity contribution is 5.64. The summed E-state index contributed by atoms with van der Waals surface area (Å²) >= 11 is 0. The van der Waals surface area contributed by atoms with Crippen molar-refractivity contribution in [3.63, 3.8) is 0 Å².